The smallest absolute Gasteiger partial charge is 0.107 e. The molecule has 1 aromatic rings. The van der Waals surface area contributed by atoms with Gasteiger partial charge < -0.3 is 5.32 Å². The molecule has 0 saturated carbocycles. The predicted molar refractivity (Wildman–Crippen MR) is 44.2 cm³/mol. The van der Waals surface area contributed by atoms with Gasteiger partial charge in [0.05, 0.1) is 12.5 Å². The molecule has 0 unspecified atom stereocenters. The maximum atomic E-state index is 8.36. The van der Waals surface area contributed by atoms with Crippen LogP contribution in [0, 0.1) is 11.3 Å². The van der Waals surface area contributed by atoms with Crippen LogP contribution in [-0.4, -0.2) is 12.0 Å². The molecule has 0 aliphatic rings. The minimum absolute atomic E-state index is 0.425. The average Bonchev–Trinajstić information content (AvgIpc) is 2.38. The topological polar surface area (TPSA) is 48.7 Å². The van der Waals surface area contributed by atoms with Gasteiger partial charge in [-0.05, 0) is 7.05 Å². The summed E-state index contributed by atoms with van der Waals surface area (Å²) in [4.78, 5) is 5.26. The summed E-state index contributed by atoms with van der Waals surface area (Å²) >= 11 is 1.59. The van der Waals surface area contributed by atoms with Crippen LogP contribution in [0.3, 0.4) is 0 Å². The quantitative estimate of drug-likeness (QED) is 0.728. The van der Waals surface area contributed by atoms with E-state index in [0.29, 0.717) is 6.42 Å². The van der Waals surface area contributed by atoms with Crippen molar-refractivity contribution in [1.82, 2.24) is 10.3 Å². The number of nitrogens with one attached hydrogen (secondary N) is 1. The van der Waals surface area contributed by atoms with Gasteiger partial charge in [-0.25, -0.2) is 4.98 Å². The van der Waals surface area contributed by atoms with Crippen molar-refractivity contribution in [3.63, 3.8) is 0 Å². The van der Waals surface area contributed by atoms with Gasteiger partial charge in [-0.15, -0.1) is 11.3 Å². The molecule has 0 aliphatic carbocycles. The lowest BCUT2D eigenvalue weighted by atomic mass is 10.5. The lowest BCUT2D eigenvalue weighted by molar-refractivity contribution is 0.829. The van der Waals surface area contributed by atoms with Crippen molar-refractivity contribution in [2.24, 2.45) is 0 Å². The summed E-state index contributed by atoms with van der Waals surface area (Å²) in [5, 5.41) is 12.3. The SMILES string of the molecule is CNCc1cnc(CC#N)s1. The molecule has 11 heavy (non-hydrogen) atoms. The molecule has 0 bridgehead atoms. The van der Waals surface area contributed by atoms with Crippen molar-refractivity contribution in [1.29, 1.82) is 5.26 Å². The van der Waals surface area contributed by atoms with Crippen LogP contribution in [0.15, 0.2) is 6.20 Å². The zero-order chi connectivity index (χ0) is 8.10. The van der Waals surface area contributed by atoms with Crippen LogP contribution in [0.25, 0.3) is 0 Å². The van der Waals surface area contributed by atoms with E-state index < -0.39 is 0 Å². The molecular weight excluding hydrogens is 158 g/mol. The molecule has 1 aromatic heterocycles. The molecule has 3 nitrogen and oxygen atoms in total. The van der Waals surface area contributed by atoms with Crippen LogP contribution >= 0.6 is 11.3 Å². The number of rotatable bonds is 3. The van der Waals surface area contributed by atoms with Crippen LogP contribution in [0.4, 0.5) is 0 Å². The first-order valence-electron chi connectivity index (χ1n) is 3.32. The fourth-order valence-electron chi connectivity index (χ4n) is 0.753. The second-order valence-corrected chi connectivity index (χ2v) is 3.29. The maximum Gasteiger partial charge on any atom is 0.107 e. The standard InChI is InChI=1S/C7H9N3S/c1-9-4-6-5-10-7(11-6)2-3-8/h5,9H,2,4H2,1H3. The van der Waals surface area contributed by atoms with E-state index in [1.165, 1.54) is 4.88 Å². The van der Waals surface area contributed by atoms with Gasteiger partial charge in [0.1, 0.15) is 5.01 Å². The van der Waals surface area contributed by atoms with Gasteiger partial charge in [0.25, 0.3) is 0 Å². The third kappa shape index (κ3) is 2.30. The number of thiazole rings is 1. The van der Waals surface area contributed by atoms with E-state index in [0.717, 1.165) is 11.6 Å². The highest BCUT2D eigenvalue weighted by Gasteiger charge is 1.98. The first kappa shape index (κ1) is 8.18. The molecule has 0 radical (unpaired) electrons. The molecule has 0 amide bonds. The summed E-state index contributed by atoms with van der Waals surface area (Å²) in [7, 11) is 1.89. The largest absolute Gasteiger partial charge is 0.315 e. The summed E-state index contributed by atoms with van der Waals surface area (Å²) in [6.45, 7) is 0.836. The molecule has 0 fully saturated rings. The summed E-state index contributed by atoms with van der Waals surface area (Å²) in [6.07, 6.45) is 2.24. The van der Waals surface area contributed by atoms with Crippen LogP contribution in [0.1, 0.15) is 9.88 Å². The molecule has 4 heteroatoms. The number of hydrogen-bond donors (Lipinski definition) is 1. The monoisotopic (exact) mass is 167 g/mol. The Morgan fingerprint density at radius 2 is 2.64 bits per heavy atom. The summed E-state index contributed by atoms with van der Waals surface area (Å²) < 4.78 is 0. The lowest BCUT2D eigenvalue weighted by Crippen LogP contribution is -2.02. The highest BCUT2D eigenvalue weighted by atomic mass is 32.1. The molecule has 58 valence electrons. The fraction of sp³-hybridized carbons (Fsp3) is 0.429. The van der Waals surface area contributed by atoms with Gasteiger partial charge in [0.2, 0.25) is 0 Å². The lowest BCUT2D eigenvalue weighted by Gasteiger charge is -1.89. The van der Waals surface area contributed by atoms with Crippen LogP contribution in [0.2, 0.25) is 0 Å². The van der Waals surface area contributed by atoms with E-state index >= 15 is 0 Å². The Kier molecular flexibility index (Phi) is 3.02. The maximum absolute atomic E-state index is 8.36. The molecular formula is C7H9N3S. The highest BCUT2D eigenvalue weighted by Crippen LogP contribution is 2.12. The van der Waals surface area contributed by atoms with Crippen LogP contribution in [0.5, 0.6) is 0 Å². The van der Waals surface area contributed by atoms with E-state index in [1.54, 1.807) is 11.3 Å². The number of nitriles is 1. The second-order valence-electron chi connectivity index (χ2n) is 2.09. The van der Waals surface area contributed by atoms with Crippen molar-refractivity contribution in [2.75, 3.05) is 7.05 Å². The van der Waals surface area contributed by atoms with Gasteiger partial charge in [-0.3, -0.25) is 0 Å². The minimum Gasteiger partial charge on any atom is -0.315 e. The van der Waals surface area contributed by atoms with Crippen LogP contribution < -0.4 is 5.32 Å². The summed E-state index contributed by atoms with van der Waals surface area (Å²) in [5.41, 5.74) is 0. The zero-order valence-electron chi connectivity index (χ0n) is 6.29. The van der Waals surface area contributed by atoms with Crippen molar-refractivity contribution < 1.29 is 0 Å². The number of aromatic nitrogens is 1. The van der Waals surface area contributed by atoms with Crippen molar-refractivity contribution in [3.05, 3.63) is 16.1 Å². The Morgan fingerprint density at radius 1 is 1.82 bits per heavy atom. The van der Waals surface area contributed by atoms with E-state index in [1.807, 2.05) is 13.2 Å². The van der Waals surface area contributed by atoms with Gasteiger partial charge in [-0.2, -0.15) is 5.26 Å². The van der Waals surface area contributed by atoms with E-state index in [2.05, 4.69) is 16.4 Å². The van der Waals surface area contributed by atoms with Crippen molar-refractivity contribution in [2.45, 2.75) is 13.0 Å². The summed E-state index contributed by atoms with van der Waals surface area (Å²) in [5.74, 6) is 0. The second kappa shape index (κ2) is 4.06. The Balaban J connectivity index is 2.60. The minimum atomic E-state index is 0.425. The van der Waals surface area contributed by atoms with E-state index in [-0.39, 0.29) is 0 Å². The molecule has 0 spiro atoms. The van der Waals surface area contributed by atoms with Gasteiger partial charge in [0, 0.05) is 17.6 Å². The third-order valence-corrected chi connectivity index (χ3v) is 2.18. The molecule has 1 heterocycles. The average molecular weight is 167 g/mol. The van der Waals surface area contributed by atoms with Gasteiger partial charge in [0.15, 0.2) is 0 Å². The summed E-state index contributed by atoms with van der Waals surface area (Å²) in [6, 6.07) is 2.07. The fourth-order valence-corrected chi connectivity index (χ4v) is 1.62. The van der Waals surface area contributed by atoms with Crippen molar-refractivity contribution >= 4 is 11.3 Å². The molecule has 1 N–H and O–H groups in total. The molecule has 0 saturated heterocycles. The molecule has 0 aromatic carbocycles. The van der Waals surface area contributed by atoms with E-state index in [9.17, 15) is 0 Å². The number of nitrogens with zero attached hydrogens (tertiary/aromatic N) is 2. The van der Waals surface area contributed by atoms with E-state index in [4.69, 9.17) is 5.26 Å². The Morgan fingerprint density at radius 3 is 3.27 bits per heavy atom. The normalized spacial score (nSPS) is 9.45. The Bertz CT molecular complexity index is 261. The Labute approximate surface area is 69.7 Å². The highest BCUT2D eigenvalue weighted by molar-refractivity contribution is 7.11. The van der Waals surface area contributed by atoms with Gasteiger partial charge in [-0.1, -0.05) is 0 Å². The van der Waals surface area contributed by atoms with Crippen molar-refractivity contribution in [3.8, 4) is 6.07 Å². The molecule has 0 atom stereocenters. The zero-order valence-corrected chi connectivity index (χ0v) is 7.11. The first-order chi connectivity index (χ1) is 5.36. The predicted octanol–water partition coefficient (Wildman–Crippen LogP) is 0.929. The number of hydrogen-bond acceptors (Lipinski definition) is 4. The van der Waals surface area contributed by atoms with Gasteiger partial charge >= 0.3 is 0 Å². The van der Waals surface area contributed by atoms with Crippen LogP contribution in [-0.2, 0) is 13.0 Å². The molecule has 0 aliphatic heterocycles. The Hall–Kier alpha value is -0.920. The third-order valence-electron chi connectivity index (χ3n) is 1.18. The first-order valence-corrected chi connectivity index (χ1v) is 4.13. The molecule has 1 rings (SSSR count).